The Morgan fingerprint density at radius 3 is 2.38 bits per heavy atom. The Balaban J connectivity index is 2.08. The summed E-state index contributed by atoms with van der Waals surface area (Å²) < 4.78 is 0. The minimum atomic E-state index is 0.293. The van der Waals surface area contributed by atoms with Gasteiger partial charge in [-0.15, -0.1) is 0 Å². The van der Waals surface area contributed by atoms with E-state index in [1.165, 1.54) is 38.5 Å². The van der Waals surface area contributed by atoms with E-state index in [4.69, 9.17) is 0 Å². The summed E-state index contributed by atoms with van der Waals surface area (Å²) in [5, 5.41) is 3.47. The Bertz CT molecular complexity index is 148. The minimum absolute atomic E-state index is 0.293. The number of hydrogen-bond acceptors (Lipinski definition) is 2. The van der Waals surface area contributed by atoms with Crippen LogP contribution in [0.5, 0.6) is 0 Å². The fraction of sp³-hybridized carbons (Fsp3) is 0.909. The number of rotatable bonds is 4. The Hall–Kier alpha value is -0.370. The molecular weight excluding hydrogens is 162 g/mol. The molecule has 76 valence electrons. The van der Waals surface area contributed by atoms with Gasteiger partial charge in [-0.2, -0.15) is 0 Å². The van der Waals surface area contributed by atoms with Gasteiger partial charge in [0.25, 0.3) is 0 Å². The lowest BCUT2D eigenvalue weighted by Gasteiger charge is -2.15. The van der Waals surface area contributed by atoms with Crippen LogP contribution in [0.3, 0.4) is 0 Å². The van der Waals surface area contributed by atoms with Gasteiger partial charge in [-0.1, -0.05) is 25.7 Å². The summed E-state index contributed by atoms with van der Waals surface area (Å²) >= 11 is 0. The van der Waals surface area contributed by atoms with Crippen LogP contribution in [0.15, 0.2) is 0 Å². The van der Waals surface area contributed by atoms with Gasteiger partial charge in [0, 0.05) is 19.0 Å². The first kappa shape index (κ1) is 10.7. The zero-order chi connectivity index (χ0) is 9.52. The summed E-state index contributed by atoms with van der Waals surface area (Å²) in [5.41, 5.74) is 0. The average Bonchev–Trinajstić information content (AvgIpc) is 2.32. The summed E-state index contributed by atoms with van der Waals surface area (Å²) in [7, 11) is 0. The third kappa shape index (κ3) is 5.04. The van der Waals surface area contributed by atoms with Gasteiger partial charge in [-0.3, -0.25) is 4.79 Å². The van der Waals surface area contributed by atoms with E-state index in [2.05, 4.69) is 5.32 Å². The smallest absolute Gasteiger partial charge is 0.131 e. The van der Waals surface area contributed by atoms with Gasteiger partial charge >= 0.3 is 0 Å². The molecule has 0 spiro atoms. The zero-order valence-corrected chi connectivity index (χ0v) is 8.64. The second-order valence-electron chi connectivity index (χ2n) is 4.09. The lowest BCUT2D eigenvalue weighted by molar-refractivity contribution is -0.116. The van der Waals surface area contributed by atoms with E-state index in [1.54, 1.807) is 6.92 Å². The number of Topliss-reactive ketones (excluding diaryl/α,β-unsaturated/α-hetero) is 1. The molecule has 1 saturated carbocycles. The molecule has 2 nitrogen and oxygen atoms in total. The van der Waals surface area contributed by atoms with Crippen LogP contribution < -0.4 is 5.32 Å². The van der Waals surface area contributed by atoms with Crippen LogP contribution in [0.4, 0.5) is 0 Å². The van der Waals surface area contributed by atoms with E-state index in [1.807, 2.05) is 0 Å². The number of carbonyl (C=O) groups excluding carboxylic acids is 1. The van der Waals surface area contributed by atoms with Crippen LogP contribution in [-0.2, 0) is 4.79 Å². The molecule has 13 heavy (non-hydrogen) atoms. The van der Waals surface area contributed by atoms with Crippen molar-refractivity contribution >= 4 is 5.78 Å². The number of hydrogen-bond donors (Lipinski definition) is 1. The largest absolute Gasteiger partial charge is 0.314 e. The van der Waals surface area contributed by atoms with E-state index in [0.29, 0.717) is 18.2 Å². The summed E-state index contributed by atoms with van der Waals surface area (Å²) in [6.45, 7) is 2.54. The van der Waals surface area contributed by atoms with Crippen LogP contribution in [0, 0.1) is 0 Å². The molecule has 0 aromatic rings. The highest BCUT2D eigenvalue weighted by molar-refractivity contribution is 5.75. The van der Waals surface area contributed by atoms with E-state index in [-0.39, 0.29) is 0 Å². The highest BCUT2D eigenvalue weighted by Crippen LogP contribution is 2.16. The maximum Gasteiger partial charge on any atom is 0.131 e. The van der Waals surface area contributed by atoms with Gasteiger partial charge in [-0.05, 0) is 19.8 Å². The van der Waals surface area contributed by atoms with Crippen molar-refractivity contribution in [2.75, 3.05) is 6.54 Å². The number of nitrogens with one attached hydrogen (secondary N) is 1. The summed E-state index contributed by atoms with van der Waals surface area (Å²) in [6, 6.07) is 0.682. The molecule has 1 N–H and O–H groups in total. The Labute approximate surface area is 81.1 Å². The maximum absolute atomic E-state index is 10.7. The quantitative estimate of drug-likeness (QED) is 0.677. The predicted molar refractivity (Wildman–Crippen MR) is 54.8 cm³/mol. The molecule has 1 aliphatic rings. The van der Waals surface area contributed by atoms with Crippen LogP contribution in [-0.4, -0.2) is 18.4 Å². The SMILES string of the molecule is CC(=O)CCNC1CCCCCC1. The number of carbonyl (C=O) groups is 1. The van der Waals surface area contributed by atoms with Crippen molar-refractivity contribution in [3.8, 4) is 0 Å². The molecule has 1 rings (SSSR count). The number of ketones is 1. The van der Waals surface area contributed by atoms with Crippen molar-refractivity contribution < 1.29 is 4.79 Å². The molecule has 0 aromatic carbocycles. The van der Waals surface area contributed by atoms with Gasteiger partial charge in [-0.25, -0.2) is 0 Å². The highest BCUT2D eigenvalue weighted by atomic mass is 16.1. The second kappa shape index (κ2) is 6.14. The van der Waals surface area contributed by atoms with Crippen LogP contribution in [0.1, 0.15) is 51.9 Å². The predicted octanol–water partition coefficient (Wildman–Crippen LogP) is 2.28. The molecular formula is C11H21NO. The molecule has 1 aliphatic carbocycles. The second-order valence-corrected chi connectivity index (χ2v) is 4.09. The third-order valence-corrected chi connectivity index (χ3v) is 2.77. The molecule has 0 radical (unpaired) electrons. The first-order chi connectivity index (χ1) is 6.29. The van der Waals surface area contributed by atoms with E-state index < -0.39 is 0 Å². The standard InChI is InChI=1S/C11H21NO/c1-10(13)8-9-12-11-6-4-2-3-5-7-11/h11-12H,2-9H2,1H3. The van der Waals surface area contributed by atoms with Gasteiger partial charge in [0.05, 0.1) is 0 Å². The van der Waals surface area contributed by atoms with Crippen LogP contribution in [0.2, 0.25) is 0 Å². The Morgan fingerprint density at radius 1 is 1.23 bits per heavy atom. The first-order valence-electron chi connectivity index (χ1n) is 5.52. The van der Waals surface area contributed by atoms with Crippen molar-refractivity contribution in [2.24, 2.45) is 0 Å². The van der Waals surface area contributed by atoms with Crippen molar-refractivity contribution in [1.29, 1.82) is 0 Å². The normalized spacial score (nSPS) is 19.8. The maximum atomic E-state index is 10.7. The molecule has 0 unspecified atom stereocenters. The van der Waals surface area contributed by atoms with Gasteiger partial charge in [0.1, 0.15) is 5.78 Å². The molecule has 0 atom stereocenters. The monoisotopic (exact) mass is 183 g/mol. The van der Waals surface area contributed by atoms with E-state index >= 15 is 0 Å². The van der Waals surface area contributed by atoms with Gasteiger partial charge in [0.15, 0.2) is 0 Å². The first-order valence-corrected chi connectivity index (χ1v) is 5.52. The average molecular weight is 183 g/mol. The molecule has 1 fully saturated rings. The molecule has 0 aliphatic heterocycles. The van der Waals surface area contributed by atoms with Crippen molar-refractivity contribution in [2.45, 2.75) is 57.9 Å². The molecule has 0 aromatic heterocycles. The molecule has 0 bridgehead atoms. The van der Waals surface area contributed by atoms with E-state index in [0.717, 1.165) is 6.54 Å². The lowest BCUT2D eigenvalue weighted by Crippen LogP contribution is -2.30. The van der Waals surface area contributed by atoms with Gasteiger partial charge in [0.2, 0.25) is 0 Å². The Kier molecular flexibility index (Phi) is 5.06. The zero-order valence-electron chi connectivity index (χ0n) is 8.64. The fourth-order valence-corrected chi connectivity index (χ4v) is 1.94. The summed E-state index contributed by atoms with van der Waals surface area (Å²) in [4.78, 5) is 10.7. The lowest BCUT2D eigenvalue weighted by atomic mass is 10.1. The topological polar surface area (TPSA) is 29.1 Å². The van der Waals surface area contributed by atoms with E-state index in [9.17, 15) is 4.79 Å². The van der Waals surface area contributed by atoms with Crippen LogP contribution >= 0.6 is 0 Å². The molecule has 2 heteroatoms. The van der Waals surface area contributed by atoms with Crippen LogP contribution in [0.25, 0.3) is 0 Å². The van der Waals surface area contributed by atoms with Crippen molar-refractivity contribution in [3.63, 3.8) is 0 Å². The minimum Gasteiger partial charge on any atom is -0.314 e. The van der Waals surface area contributed by atoms with Gasteiger partial charge < -0.3 is 5.32 Å². The summed E-state index contributed by atoms with van der Waals surface area (Å²) in [5.74, 6) is 0.293. The van der Waals surface area contributed by atoms with Crippen molar-refractivity contribution in [1.82, 2.24) is 5.32 Å². The summed E-state index contributed by atoms with van der Waals surface area (Å²) in [6.07, 6.45) is 8.80. The van der Waals surface area contributed by atoms with Crippen molar-refractivity contribution in [3.05, 3.63) is 0 Å². The third-order valence-electron chi connectivity index (χ3n) is 2.77. The Morgan fingerprint density at radius 2 is 1.85 bits per heavy atom. The molecule has 0 heterocycles. The molecule has 0 amide bonds. The fourth-order valence-electron chi connectivity index (χ4n) is 1.94. The molecule has 0 saturated heterocycles. The highest BCUT2D eigenvalue weighted by Gasteiger charge is 2.10.